The van der Waals surface area contributed by atoms with Crippen LogP contribution in [-0.4, -0.2) is 29.3 Å². The molecular formula is C22H28F6N6. The second-order valence-corrected chi connectivity index (χ2v) is 9.02. The molecule has 0 saturated carbocycles. The molecule has 3 aromatic rings. The zero-order valence-corrected chi connectivity index (χ0v) is 19.6. The fourth-order valence-electron chi connectivity index (χ4n) is 3.96. The average Bonchev–Trinajstić information content (AvgIpc) is 3.42. The van der Waals surface area contributed by atoms with E-state index in [2.05, 4.69) is 15.3 Å². The van der Waals surface area contributed by atoms with Gasteiger partial charge in [0.25, 0.3) is 0 Å². The molecular weight excluding hydrogens is 462 g/mol. The third-order valence-corrected chi connectivity index (χ3v) is 5.88. The molecule has 12 heteroatoms. The van der Waals surface area contributed by atoms with Crippen molar-refractivity contribution in [3.05, 3.63) is 52.9 Å². The Labute approximate surface area is 193 Å². The lowest BCUT2D eigenvalue weighted by Crippen LogP contribution is -2.19. The molecule has 0 bridgehead atoms. The fourth-order valence-corrected chi connectivity index (χ4v) is 3.96. The van der Waals surface area contributed by atoms with Crippen molar-refractivity contribution in [3.63, 3.8) is 0 Å². The van der Waals surface area contributed by atoms with Gasteiger partial charge in [-0.25, -0.2) is 0 Å². The summed E-state index contributed by atoms with van der Waals surface area (Å²) >= 11 is 0. The van der Waals surface area contributed by atoms with E-state index >= 15 is 0 Å². The Morgan fingerprint density at radius 3 is 2.09 bits per heavy atom. The first-order valence-corrected chi connectivity index (χ1v) is 10.9. The lowest BCUT2D eigenvalue weighted by atomic mass is 9.97. The maximum atomic E-state index is 14.0. The van der Waals surface area contributed by atoms with Crippen LogP contribution in [0.4, 0.5) is 26.3 Å². The van der Waals surface area contributed by atoms with E-state index in [4.69, 9.17) is 0 Å². The van der Waals surface area contributed by atoms with Crippen molar-refractivity contribution >= 4 is 0 Å². The van der Waals surface area contributed by atoms with E-state index in [0.717, 1.165) is 14.9 Å². The van der Waals surface area contributed by atoms with Crippen molar-refractivity contribution in [3.8, 4) is 0 Å². The summed E-state index contributed by atoms with van der Waals surface area (Å²) in [5.41, 5.74) is -0.941. The summed E-state index contributed by atoms with van der Waals surface area (Å²) in [6.07, 6.45) is -3.32. The Morgan fingerprint density at radius 2 is 1.53 bits per heavy atom. The van der Waals surface area contributed by atoms with E-state index in [0.29, 0.717) is 0 Å². The first-order chi connectivity index (χ1) is 15.7. The van der Waals surface area contributed by atoms with Crippen molar-refractivity contribution in [1.82, 2.24) is 29.3 Å². The van der Waals surface area contributed by atoms with Crippen LogP contribution < -0.4 is 0 Å². The predicted molar refractivity (Wildman–Crippen MR) is 113 cm³/mol. The van der Waals surface area contributed by atoms with Crippen LogP contribution in [0.2, 0.25) is 0 Å². The molecule has 0 saturated heterocycles. The first kappa shape index (κ1) is 25.8. The van der Waals surface area contributed by atoms with Gasteiger partial charge in [-0.05, 0) is 23.8 Å². The zero-order valence-electron chi connectivity index (χ0n) is 19.6. The summed E-state index contributed by atoms with van der Waals surface area (Å²) in [6.45, 7) is 7.26. The summed E-state index contributed by atoms with van der Waals surface area (Å²) in [5, 5.41) is 11.7. The third-order valence-electron chi connectivity index (χ3n) is 5.88. The van der Waals surface area contributed by atoms with Crippen LogP contribution in [0, 0.1) is 0 Å². The Balaban J connectivity index is 1.81. The molecule has 3 heterocycles. The first-order valence-electron chi connectivity index (χ1n) is 10.9. The number of alkyl halides is 6. The highest BCUT2D eigenvalue weighted by Gasteiger charge is 2.40. The summed E-state index contributed by atoms with van der Waals surface area (Å²) < 4.78 is 85.3. The van der Waals surface area contributed by atoms with Gasteiger partial charge in [0.1, 0.15) is 5.69 Å². The van der Waals surface area contributed by atoms with E-state index in [1.54, 1.807) is 17.8 Å². The second kappa shape index (κ2) is 9.46. The Hall–Kier alpha value is -2.79. The van der Waals surface area contributed by atoms with Gasteiger partial charge >= 0.3 is 12.4 Å². The van der Waals surface area contributed by atoms with Crippen molar-refractivity contribution < 1.29 is 26.3 Å². The summed E-state index contributed by atoms with van der Waals surface area (Å²) in [6, 6.07) is 0. The second-order valence-electron chi connectivity index (χ2n) is 9.02. The lowest BCUT2D eigenvalue weighted by molar-refractivity contribution is -0.145. The number of rotatable bonds is 8. The van der Waals surface area contributed by atoms with E-state index in [1.165, 1.54) is 26.4 Å². The molecule has 3 aromatic heterocycles. The van der Waals surface area contributed by atoms with Gasteiger partial charge < -0.3 is 0 Å². The highest BCUT2D eigenvalue weighted by atomic mass is 19.4. The highest BCUT2D eigenvalue weighted by Crippen LogP contribution is 2.38. The van der Waals surface area contributed by atoms with Gasteiger partial charge in [-0.1, -0.05) is 27.7 Å². The standard InChI is InChI=1S/C22H28F6N6/c1-13(2)16-8-29-33(11-16)10-15(4)17-9-30-34(20(17)22(26,27)28)7-6-14(3)18-12-32(5)31-19(18)21(23,24)25/h8-9,11-15H,6-7,10H2,1-5H3. The summed E-state index contributed by atoms with van der Waals surface area (Å²) in [5.74, 6) is -0.954. The molecule has 0 radical (unpaired) electrons. The third kappa shape index (κ3) is 5.64. The van der Waals surface area contributed by atoms with Gasteiger partial charge in [-0.15, -0.1) is 0 Å². The van der Waals surface area contributed by atoms with Gasteiger partial charge in [-0.3, -0.25) is 14.0 Å². The fraction of sp³-hybridized carbons (Fsp3) is 0.591. The molecule has 6 nitrogen and oxygen atoms in total. The van der Waals surface area contributed by atoms with Crippen molar-refractivity contribution in [1.29, 1.82) is 0 Å². The molecule has 0 aromatic carbocycles. The molecule has 0 amide bonds. The molecule has 0 fully saturated rings. The van der Waals surface area contributed by atoms with Gasteiger partial charge in [-0.2, -0.15) is 41.6 Å². The minimum absolute atomic E-state index is 0.0270. The molecule has 0 aliphatic carbocycles. The van der Waals surface area contributed by atoms with Crippen molar-refractivity contribution in [2.24, 2.45) is 7.05 Å². The number of hydrogen-bond donors (Lipinski definition) is 0. The average molecular weight is 490 g/mol. The number of aryl methyl sites for hydroxylation is 2. The molecule has 0 spiro atoms. The Morgan fingerprint density at radius 1 is 0.853 bits per heavy atom. The van der Waals surface area contributed by atoms with Gasteiger partial charge in [0.15, 0.2) is 5.69 Å². The molecule has 0 N–H and O–H groups in total. The van der Waals surface area contributed by atoms with E-state index < -0.39 is 35.6 Å². The highest BCUT2D eigenvalue weighted by molar-refractivity contribution is 5.26. The van der Waals surface area contributed by atoms with Crippen LogP contribution in [0.25, 0.3) is 0 Å². The number of halogens is 6. The maximum Gasteiger partial charge on any atom is 0.435 e. The molecule has 188 valence electrons. The summed E-state index contributed by atoms with van der Waals surface area (Å²) in [4.78, 5) is 0. The minimum atomic E-state index is -4.66. The molecule has 2 atom stereocenters. The Kier molecular flexibility index (Phi) is 7.18. The van der Waals surface area contributed by atoms with Gasteiger partial charge in [0.2, 0.25) is 0 Å². The van der Waals surface area contributed by atoms with Crippen molar-refractivity contribution in [2.45, 2.75) is 77.3 Å². The van der Waals surface area contributed by atoms with Crippen LogP contribution >= 0.6 is 0 Å². The van der Waals surface area contributed by atoms with Crippen LogP contribution in [0.5, 0.6) is 0 Å². The van der Waals surface area contributed by atoms with Crippen LogP contribution in [0.1, 0.15) is 79.9 Å². The molecule has 0 aliphatic heterocycles. The van der Waals surface area contributed by atoms with E-state index in [9.17, 15) is 26.3 Å². The van der Waals surface area contributed by atoms with Gasteiger partial charge in [0.05, 0.1) is 12.4 Å². The van der Waals surface area contributed by atoms with E-state index in [1.807, 2.05) is 20.0 Å². The van der Waals surface area contributed by atoms with Crippen LogP contribution in [0.3, 0.4) is 0 Å². The maximum absolute atomic E-state index is 14.0. The quantitative estimate of drug-likeness (QED) is 0.366. The topological polar surface area (TPSA) is 53.5 Å². The Bertz CT molecular complexity index is 1100. The van der Waals surface area contributed by atoms with Crippen LogP contribution in [0.15, 0.2) is 24.8 Å². The summed E-state index contributed by atoms with van der Waals surface area (Å²) in [7, 11) is 1.37. The minimum Gasteiger partial charge on any atom is -0.275 e. The molecule has 34 heavy (non-hydrogen) atoms. The van der Waals surface area contributed by atoms with Crippen molar-refractivity contribution in [2.75, 3.05) is 0 Å². The van der Waals surface area contributed by atoms with E-state index in [-0.39, 0.29) is 36.6 Å². The molecule has 0 aliphatic rings. The normalized spacial score (nSPS) is 14.7. The number of hydrogen-bond acceptors (Lipinski definition) is 3. The number of aromatic nitrogens is 6. The van der Waals surface area contributed by atoms with Crippen LogP contribution in [-0.2, 0) is 32.5 Å². The molecule has 2 unspecified atom stereocenters. The largest absolute Gasteiger partial charge is 0.435 e. The lowest BCUT2D eigenvalue weighted by Gasteiger charge is -2.18. The molecule has 3 rings (SSSR count). The smallest absolute Gasteiger partial charge is 0.275 e. The number of nitrogens with zero attached hydrogens (tertiary/aromatic N) is 6. The predicted octanol–water partition coefficient (Wildman–Crippen LogP) is 5.97. The van der Waals surface area contributed by atoms with Gasteiger partial charge in [0, 0.05) is 49.6 Å². The monoisotopic (exact) mass is 490 g/mol. The zero-order chi connectivity index (χ0) is 25.4. The SMILES string of the molecule is CC(C)c1cnn(CC(C)c2cnn(CCC(C)c3cn(C)nc3C(F)(F)F)c2C(F)(F)F)c1.